The SMILES string of the molecule is Cc1cnc(CNC(=S)NCCc2ccc(Cl)cc2)cn1. The van der Waals surface area contributed by atoms with Crippen molar-refractivity contribution in [1.82, 2.24) is 20.6 Å². The minimum atomic E-state index is 0.570. The van der Waals surface area contributed by atoms with Crippen molar-refractivity contribution in [3.05, 3.63) is 58.6 Å². The third-order valence-corrected chi connectivity index (χ3v) is 3.42. The minimum Gasteiger partial charge on any atom is -0.362 e. The van der Waals surface area contributed by atoms with Crippen molar-refractivity contribution in [2.75, 3.05) is 6.54 Å². The minimum absolute atomic E-state index is 0.570. The Kier molecular flexibility index (Phi) is 5.90. The lowest BCUT2D eigenvalue weighted by atomic mass is 10.1. The Morgan fingerprint density at radius 1 is 1.14 bits per heavy atom. The van der Waals surface area contributed by atoms with Gasteiger partial charge < -0.3 is 10.6 Å². The number of benzene rings is 1. The molecule has 0 spiro atoms. The average Bonchev–Trinajstić information content (AvgIpc) is 2.49. The lowest BCUT2D eigenvalue weighted by Gasteiger charge is -2.10. The number of aryl methyl sites for hydroxylation is 1. The van der Waals surface area contributed by atoms with Crippen LogP contribution in [-0.2, 0) is 13.0 Å². The Morgan fingerprint density at radius 2 is 1.90 bits per heavy atom. The number of halogens is 1. The molecule has 110 valence electrons. The summed E-state index contributed by atoms with van der Waals surface area (Å²) in [5, 5.41) is 7.65. The zero-order chi connectivity index (χ0) is 15.1. The lowest BCUT2D eigenvalue weighted by Crippen LogP contribution is -2.36. The van der Waals surface area contributed by atoms with E-state index in [1.807, 2.05) is 31.2 Å². The summed E-state index contributed by atoms with van der Waals surface area (Å²) >= 11 is 11.1. The largest absolute Gasteiger partial charge is 0.362 e. The molecule has 0 saturated heterocycles. The van der Waals surface area contributed by atoms with E-state index < -0.39 is 0 Å². The van der Waals surface area contributed by atoms with Crippen LogP contribution in [0.1, 0.15) is 17.0 Å². The van der Waals surface area contributed by atoms with Crippen LogP contribution in [0.3, 0.4) is 0 Å². The number of hydrogen-bond donors (Lipinski definition) is 2. The van der Waals surface area contributed by atoms with E-state index >= 15 is 0 Å². The maximum absolute atomic E-state index is 5.85. The molecule has 0 unspecified atom stereocenters. The molecule has 6 heteroatoms. The molecular formula is C15H17ClN4S. The third-order valence-electron chi connectivity index (χ3n) is 2.88. The quantitative estimate of drug-likeness (QED) is 0.829. The second-order valence-electron chi connectivity index (χ2n) is 4.64. The molecule has 0 aliphatic heterocycles. The molecule has 0 radical (unpaired) electrons. The van der Waals surface area contributed by atoms with Crippen LogP contribution in [0, 0.1) is 6.92 Å². The van der Waals surface area contributed by atoms with Crippen LogP contribution < -0.4 is 10.6 Å². The van der Waals surface area contributed by atoms with E-state index in [0.29, 0.717) is 11.7 Å². The van der Waals surface area contributed by atoms with Crippen molar-refractivity contribution < 1.29 is 0 Å². The summed E-state index contributed by atoms with van der Waals surface area (Å²) in [6.45, 7) is 3.25. The monoisotopic (exact) mass is 320 g/mol. The highest BCUT2D eigenvalue weighted by Crippen LogP contribution is 2.09. The van der Waals surface area contributed by atoms with Gasteiger partial charge in [-0.25, -0.2) is 0 Å². The standard InChI is InChI=1S/C15H17ClN4S/c1-11-8-19-14(9-18-11)10-20-15(21)17-7-6-12-2-4-13(16)5-3-12/h2-5,8-9H,6-7,10H2,1H3,(H2,17,20,21). The Labute approximate surface area is 135 Å². The van der Waals surface area contributed by atoms with Gasteiger partial charge in [-0.3, -0.25) is 9.97 Å². The van der Waals surface area contributed by atoms with Crippen LogP contribution in [-0.4, -0.2) is 21.6 Å². The van der Waals surface area contributed by atoms with E-state index in [1.165, 1.54) is 5.56 Å². The zero-order valence-corrected chi connectivity index (χ0v) is 13.3. The molecule has 1 heterocycles. The fourth-order valence-corrected chi connectivity index (χ4v) is 2.02. The second-order valence-corrected chi connectivity index (χ2v) is 5.48. The molecule has 2 rings (SSSR count). The van der Waals surface area contributed by atoms with E-state index in [4.69, 9.17) is 23.8 Å². The molecule has 0 fully saturated rings. The molecule has 1 aromatic heterocycles. The molecule has 1 aromatic carbocycles. The van der Waals surface area contributed by atoms with Gasteiger partial charge in [0.05, 0.1) is 24.1 Å². The van der Waals surface area contributed by atoms with Crippen molar-refractivity contribution in [2.45, 2.75) is 19.9 Å². The molecule has 0 aliphatic rings. The Balaban J connectivity index is 1.67. The van der Waals surface area contributed by atoms with Crippen LogP contribution in [0.15, 0.2) is 36.7 Å². The Bertz CT molecular complexity index is 584. The summed E-state index contributed by atoms with van der Waals surface area (Å²) in [5.41, 5.74) is 2.99. The first-order chi connectivity index (χ1) is 10.1. The zero-order valence-electron chi connectivity index (χ0n) is 11.8. The van der Waals surface area contributed by atoms with Gasteiger partial charge in [-0.2, -0.15) is 0 Å². The van der Waals surface area contributed by atoms with Crippen molar-refractivity contribution in [3.63, 3.8) is 0 Å². The first kappa shape index (κ1) is 15.7. The predicted molar refractivity (Wildman–Crippen MR) is 89.4 cm³/mol. The van der Waals surface area contributed by atoms with Crippen LogP contribution in [0.2, 0.25) is 5.02 Å². The van der Waals surface area contributed by atoms with Gasteiger partial charge in [0.1, 0.15) is 0 Å². The van der Waals surface area contributed by atoms with E-state index in [2.05, 4.69) is 20.6 Å². The van der Waals surface area contributed by atoms with Gasteiger partial charge in [-0.15, -0.1) is 0 Å². The average molecular weight is 321 g/mol. The molecule has 2 N–H and O–H groups in total. The Hall–Kier alpha value is -1.72. The van der Waals surface area contributed by atoms with Crippen molar-refractivity contribution in [3.8, 4) is 0 Å². The van der Waals surface area contributed by atoms with Crippen molar-refractivity contribution in [1.29, 1.82) is 0 Å². The smallest absolute Gasteiger partial charge is 0.166 e. The molecule has 0 atom stereocenters. The molecule has 0 bridgehead atoms. The second kappa shape index (κ2) is 7.90. The molecule has 0 saturated carbocycles. The number of hydrogen-bond acceptors (Lipinski definition) is 3. The highest BCUT2D eigenvalue weighted by atomic mass is 35.5. The van der Waals surface area contributed by atoms with Crippen molar-refractivity contribution in [2.24, 2.45) is 0 Å². The summed E-state index contributed by atoms with van der Waals surface area (Å²) in [5.74, 6) is 0. The first-order valence-electron chi connectivity index (χ1n) is 6.67. The van der Waals surface area contributed by atoms with Crippen molar-refractivity contribution >= 4 is 28.9 Å². The number of nitrogens with zero attached hydrogens (tertiary/aromatic N) is 2. The molecular weight excluding hydrogens is 304 g/mol. The fraction of sp³-hybridized carbons (Fsp3) is 0.267. The van der Waals surface area contributed by atoms with Crippen LogP contribution in [0.25, 0.3) is 0 Å². The number of thiocarbonyl (C=S) groups is 1. The molecule has 2 aromatic rings. The molecule has 21 heavy (non-hydrogen) atoms. The maximum atomic E-state index is 5.85. The van der Waals surface area contributed by atoms with E-state index in [9.17, 15) is 0 Å². The highest BCUT2D eigenvalue weighted by Gasteiger charge is 1.99. The normalized spacial score (nSPS) is 10.2. The summed E-state index contributed by atoms with van der Waals surface area (Å²) in [6, 6.07) is 7.82. The molecule has 0 aliphatic carbocycles. The number of rotatable bonds is 5. The lowest BCUT2D eigenvalue weighted by molar-refractivity contribution is 0.797. The van der Waals surface area contributed by atoms with Crippen LogP contribution in [0.4, 0.5) is 0 Å². The van der Waals surface area contributed by atoms with Gasteiger partial charge in [0.15, 0.2) is 5.11 Å². The summed E-state index contributed by atoms with van der Waals surface area (Å²) in [4.78, 5) is 8.45. The molecule has 4 nitrogen and oxygen atoms in total. The van der Waals surface area contributed by atoms with Gasteiger partial charge >= 0.3 is 0 Å². The Morgan fingerprint density at radius 3 is 2.57 bits per heavy atom. The molecule has 0 amide bonds. The fourth-order valence-electron chi connectivity index (χ4n) is 1.72. The summed E-state index contributed by atoms with van der Waals surface area (Å²) in [7, 11) is 0. The van der Waals surface area contributed by atoms with Gasteiger partial charge in [0.25, 0.3) is 0 Å². The first-order valence-corrected chi connectivity index (χ1v) is 7.46. The maximum Gasteiger partial charge on any atom is 0.166 e. The predicted octanol–water partition coefficient (Wildman–Crippen LogP) is 2.65. The van der Waals surface area contributed by atoms with Gasteiger partial charge in [0, 0.05) is 17.8 Å². The third kappa shape index (κ3) is 5.65. The van der Waals surface area contributed by atoms with Gasteiger partial charge in [0.2, 0.25) is 0 Å². The van der Waals surface area contributed by atoms with Gasteiger partial charge in [-0.1, -0.05) is 23.7 Å². The van der Waals surface area contributed by atoms with Gasteiger partial charge in [-0.05, 0) is 43.3 Å². The van der Waals surface area contributed by atoms with E-state index in [1.54, 1.807) is 12.4 Å². The number of aromatic nitrogens is 2. The summed E-state index contributed by atoms with van der Waals surface area (Å²) < 4.78 is 0. The topological polar surface area (TPSA) is 49.8 Å². The highest BCUT2D eigenvalue weighted by molar-refractivity contribution is 7.80. The number of nitrogens with one attached hydrogen (secondary N) is 2. The van der Waals surface area contributed by atoms with Crippen LogP contribution in [0.5, 0.6) is 0 Å². The van der Waals surface area contributed by atoms with E-state index in [0.717, 1.165) is 29.4 Å². The van der Waals surface area contributed by atoms with Crippen LogP contribution >= 0.6 is 23.8 Å². The van der Waals surface area contributed by atoms with E-state index in [-0.39, 0.29) is 0 Å². The summed E-state index contributed by atoms with van der Waals surface area (Å²) in [6.07, 6.45) is 4.38.